The van der Waals surface area contributed by atoms with Crippen LogP contribution >= 0.6 is 0 Å². The van der Waals surface area contributed by atoms with E-state index in [1.54, 1.807) is 51.4 Å². The molecule has 4 rings (SSSR count). The molecule has 6 N–H and O–H groups in total. The zero-order valence-electron chi connectivity index (χ0n) is 37.2. The number of hydrogen-bond acceptors (Lipinski definition) is 11. The molecule has 0 unspecified atom stereocenters. The number of carbonyl (C=O) groups excluding carboxylic acids is 5. The quantitative estimate of drug-likeness (QED) is 0.0685. The van der Waals surface area contributed by atoms with Crippen LogP contribution in [0.1, 0.15) is 110 Å². The number of carbonyl (C=O) groups is 5. The molecule has 1 aliphatic heterocycles. The highest BCUT2D eigenvalue weighted by atomic mass is 16.5. The summed E-state index contributed by atoms with van der Waals surface area (Å²) < 4.78 is 12.3. The van der Waals surface area contributed by atoms with Gasteiger partial charge in [-0.1, -0.05) is 69.9 Å². The molecule has 1 heterocycles. The third-order valence-electron chi connectivity index (χ3n) is 11.4. The number of likely N-dealkylation sites (N-methyl/N-ethyl adjacent to an activating group) is 1. The summed E-state index contributed by atoms with van der Waals surface area (Å²) in [5.41, 5.74) is 16.6. The van der Waals surface area contributed by atoms with Gasteiger partial charge in [0.2, 0.25) is 11.8 Å². The Balaban J connectivity index is 1.78. The van der Waals surface area contributed by atoms with Crippen molar-refractivity contribution in [3.8, 4) is 28.7 Å². The number of nitriles is 1. The zero-order valence-corrected chi connectivity index (χ0v) is 37.2. The smallest absolute Gasteiger partial charge is 0.228 e. The maximum absolute atomic E-state index is 14.7. The molecule has 0 aromatic heterocycles. The molecular formula is C49H66N6O7. The Hall–Kier alpha value is -5.42. The van der Waals surface area contributed by atoms with Gasteiger partial charge in [0.05, 0.1) is 18.0 Å². The molecule has 2 amide bonds. The molecule has 0 saturated carbocycles. The number of nitrogens with two attached hydrogens (primary N) is 2. The lowest BCUT2D eigenvalue weighted by Crippen LogP contribution is -2.46. The minimum atomic E-state index is -1.18. The molecule has 13 nitrogen and oxygen atoms in total. The number of fused-ring (bicyclic) bond motifs is 5. The summed E-state index contributed by atoms with van der Waals surface area (Å²) in [5.74, 6) is -2.64. The number of aryl methyl sites for hydroxylation is 2. The highest BCUT2D eigenvalue weighted by molar-refractivity contribution is 6.01. The number of Topliss-reactive ketones (excluding diaryl/α,β-unsaturated/α-hetero) is 3. The van der Waals surface area contributed by atoms with Crippen LogP contribution in [0, 0.1) is 30.1 Å². The van der Waals surface area contributed by atoms with Gasteiger partial charge in [0.25, 0.3) is 0 Å². The number of unbranched alkanes of at least 4 members (excludes halogenated alkanes) is 4. The average molecular weight is 851 g/mol. The lowest BCUT2D eigenvalue weighted by molar-refractivity contribution is -0.142. The topological polar surface area (TPSA) is 207 Å². The van der Waals surface area contributed by atoms with E-state index in [-0.39, 0.29) is 76.5 Å². The van der Waals surface area contributed by atoms with Gasteiger partial charge in [-0.15, -0.1) is 0 Å². The number of hydrogen-bond donors (Lipinski definition) is 4. The van der Waals surface area contributed by atoms with Crippen molar-refractivity contribution in [1.29, 1.82) is 5.26 Å². The standard InChI is InChI=1S/C49H66N6O7/c1-6-7-8-9-10-12-34-14-17-38(32(2)25-34)43(57)30-37(31-53-4)49(60)55(5)47-36-16-19-46(62-24-22-52)40(29-36)39-27-35(15-18-45(39)61-23-21-51)28-41(42(56)13-11-20-50)54-48(59)33(3)26-44(47)58/h14-19,25,27,29,33,37,41,47,53H,6-13,21-24,26,28,30-31,51-52H2,1-5H3,(H,54,59)/t33-,37+,41+,47+/m1/s1. The van der Waals surface area contributed by atoms with E-state index in [1.807, 2.05) is 31.2 Å². The molecule has 0 spiro atoms. The number of benzene rings is 3. The lowest BCUT2D eigenvalue weighted by Gasteiger charge is -2.32. The number of nitrogens with one attached hydrogen (secondary N) is 2. The number of rotatable bonds is 22. The van der Waals surface area contributed by atoms with E-state index >= 15 is 0 Å². The van der Waals surface area contributed by atoms with Crippen molar-refractivity contribution < 1.29 is 33.4 Å². The fourth-order valence-corrected chi connectivity index (χ4v) is 8.08. The van der Waals surface area contributed by atoms with Crippen LogP contribution < -0.4 is 31.6 Å². The van der Waals surface area contributed by atoms with Gasteiger partial charge in [-0.05, 0) is 79.8 Å². The SMILES string of the molecule is CCCCCCCc1ccc(C(=O)C[C@@H](CNC)C(=O)N(C)[C@@H]2C(=O)C[C@@H](C)C(=O)N[C@H](C(=O)CCC#N)Cc3ccc(OCCN)c(c3)-c3cc2ccc3OCCN)c(C)c1. The molecule has 0 saturated heterocycles. The van der Waals surface area contributed by atoms with E-state index < -0.39 is 41.5 Å². The van der Waals surface area contributed by atoms with E-state index in [1.165, 1.54) is 36.1 Å². The molecule has 62 heavy (non-hydrogen) atoms. The van der Waals surface area contributed by atoms with Crippen LogP contribution in [0.4, 0.5) is 0 Å². The zero-order chi connectivity index (χ0) is 45.2. The van der Waals surface area contributed by atoms with Gasteiger partial charge in [0.15, 0.2) is 17.3 Å². The third kappa shape index (κ3) is 13.5. The Morgan fingerprint density at radius 1 is 0.935 bits per heavy atom. The summed E-state index contributed by atoms with van der Waals surface area (Å²) >= 11 is 0. The van der Waals surface area contributed by atoms with E-state index in [4.69, 9.17) is 20.9 Å². The molecule has 0 aliphatic carbocycles. The van der Waals surface area contributed by atoms with Crippen LogP contribution in [-0.2, 0) is 32.0 Å². The van der Waals surface area contributed by atoms with Crippen molar-refractivity contribution in [2.24, 2.45) is 23.3 Å². The van der Waals surface area contributed by atoms with Gasteiger partial charge >= 0.3 is 0 Å². The van der Waals surface area contributed by atoms with Crippen LogP contribution in [0.15, 0.2) is 54.6 Å². The van der Waals surface area contributed by atoms with E-state index in [2.05, 4.69) is 23.6 Å². The molecule has 0 fully saturated rings. The van der Waals surface area contributed by atoms with E-state index in [0.29, 0.717) is 39.3 Å². The van der Waals surface area contributed by atoms with Crippen LogP contribution in [0.25, 0.3) is 11.1 Å². The summed E-state index contributed by atoms with van der Waals surface area (Å²) in [5, 5.41) is 15.2. The summed E-state index contributed by atoms with van der Waals surface area (Å²) in [6.07, 6.45) is 6.52. The van der Waals surface area contributed by atoms with Crippen LogP contribution in [0.5, 0.6) is 11.5 Å². The predicted octanol–water partition coefficient (Wildman–Crippen LogP) is 5.97. The van der Waals surface area contributed by atoms with Crippen molar-refractivity contribution in [2.75, 3.05) is 46.9 Å². The lowest BCUT2D eigenvalue weighted by atomic mass is 9.88. The van der Waals surface area contributed by atoms with E-state index in [0.717, 1.165) is 18.4 Å². The number of amides is 2. The maximum Gasteiger partial charge on any atom is 0.228 e. The van der Waals surface area contributed by atoms with Crippen molar-refractivity contribution in [2.45, 2.75) is 103 Å². The van der Waals surface area contributed by atoms with Gasteiger partial charge in [-0.2, -0.15) is 5.26 Å². The van der Waals surface area contributed by atoms with Gasteiger partial charge < -0.3 is 36.5 Å². The highest BCUT2D eigenvalue weighted by Gasteiger charge is 2.36. The predicted molar refractivity (Wildman–Crippen MR) is 241 cm³/mol. The third-order valence-corrected chi connectivity index (χ3v) is 11.4. The second-order valence-electron chi connectivity index (χ2n) is 16.4. The van der Waals surface area contributed by atoms with E-state index in [9.17, 15) is 29.2 Å². The van der Waals surface area contributed by atoms with Gasteiger partial charge in [-0.25, -0.2) is 0 Å². The summed E-state index contributed by atoms with van der Waals surface area (Å²) in [4.78, 5) is 71.9. The van der Waals surface area contributed by atoms with Crippen LogP contribution in [0.2, 0.25) is 0 Å². The Bertz CT molecular complexity index is 2060. The Morgan fingerprint density at radius 3 is 2.26 bits per heavy atom. The first-order chi connectivity index (χ1) is 29.9. The molecule has 4 atom stereocenters. The first-order valence-corrected chi connectivity index (χ1v) is 22.1. The van der Waals surface area contributed by atoms with Crippen molar-refractivity contribution in [3.05, 3.63) is 82.4 Å². The van der Waals surface area contributed by atoms with Crippen molar-refractivity contribution in [3.63, 3.8) is 0 Å². The first kappa shape index (κ1) is 49.2. The summed E-state index contributed by atoms with van der Waals surface area (Å²) in [6.45, 7) is 6.75. The molecule has 1 aliphatic rings. The van der Waals surface area contributed by atoms with Crippen molar-refractivity contribution >= 4 is 29.2 Å². The summed E-state index contributed by atoms with van der Waals surface area (Å²) in [6, 6.07) is 16.4. The highest BCUT2D eigenvalue weighted by Crippen LogP contribution is 2.41. The number of nitrogens with zero attached hydrogens (tertiary/aromatic N) is 2. The second kappa shape index (κ2) is 24.9. The largest absolute Gasteiger partial charge is 0.492 e. The Labute approximate surface area is 367 Å². The molecular weight excluding hydrogens is 785 g/mol. The molecule has 0 radical (unpaired) electrons. The minimum Gasteiger partial charge on any atom is -0.492 e. The van der Waals surface area contributed by atoms with Crippen LogP contribution in [-0.4, -0.2) is 87.0 Å². The van der Waals surface area contributed by atoms with Crippen LogP contribution in [0.3, 0.4) is 0 Å². The Morgan fingerprint density at radius 2 is 1.61 bits per heavy atom. The average Bonchev–Trinajstić information content (AvgIpc) is 3.26. The monoisotopic (exact) mass is 850 g/mol. The minimum absolute atomic E-state index is 0.0156. The summed E-state index contributed by atoms with van der Waals surface area (Å²) in [7, 11) is 3.26. The normalized spacial score (nSPS) is 17.0. The van der Waals surface area contributed by atoms with Gasteiger partial charge in [0, 0.05) is 75.0 Å². The molecule has 4 bridgehead atoms. The Kier molecular flexibility index (Phi) is 19.8. The fourth-order valence-electron chi connectivity index (χ4n) is 8.08. The fraction of sp³-hybridized carbons (Fsp3) is 0.510. The van der Waals surface area contributed by atoms with Crippen molar-refractivity contribution in [1.82, 2.24) is 15.5 Å². The molecule has 3 aromatic carbocycles. The molecule has 3 aromatic rings. The number of ether oxygens (including phenoxy) is 2. The maximum atomic E-state index is 14.7. The van der Waals surface area contributed by atoms with Gasteiger partial charge in [-0.3, -0.25) is 24.0 Å². The number of ketones is 3. The first-order valence-electron chi connectivity index (χ1n) is 22.1. The molecule has 334 valence electrons. The van der Waals surface area contributed by atoms with Gasteiger partial charge in [0.1, 0.15) is 30.8 Å². The second-order valence-corrected chi connectivity index (χ2v) is 16.4. The molecule has 13 heteroatoms.